The lowest BCUT2D eigenvalue weighted by atomic mass is 10.1. The molecule has 3 aromatic heterocycles. The van der Waals surface area contributed by atoms with E-state index in [0.717, 1.165) is 26.5 Å². The third-order valence-corrected chi connectivity index (χ3v) is 5.73. The largest absolute Gasteiger partial charge is 0.282 e. The van der Waals surface area contributed by atoms with Crippen LogP contribution >= 0.6 is 23.1 Å². The molecule has 0 amide bonds. The van der Waals surface area contributed by atoms with Crippen LogP contribution in [0.25, 0.3) is 20.4 Å². The van der Waals surface area contributed by atoms with Gasteiger partial charge in [0.15, 0.2) is 5.16 Å². The molecule has 1 aromatic carbocycles. The first-order valence-corrected chi connectivity index (χ1v) is 9.59. The smallest absolute Gasteiger partial charge is 0.272 e. The average molecular weight is 353 g/mol. The minimum Gasteiger partial charge on any atom is -0.282 e. The molecule has 24 heavy (non-hydrogen) atoms. The Bertz CT molecular complexity index is 1100. The Hall–Kier alpha value is -2.18. The Balaban J connectivity index is 1.94. The first-order valence-electron chi connectivity index (χ1n) is 7.55. The highest BCUT2D eigenvalue weighted by Crippen LogP contribution is 2.30. The lowest BCUT2D eigenvalue weighted by Crippen LogP contribution is -2.23. The summed E-state index contributed by atoms with van der Waals surface area (Å²) in [6, 6.07) is 12.1. The van der Waals surface area contributed by atoms with Crippen molar-refractivity contribution in [3.63, 3.8) is 0 Å². The summed E-state index contributed by atoms with van der Waals surface area (Å²) in [7, 11) is 0. The Morgan fingerprint density at radius 2 is 2.00 bits per heavy atom. The summed E-state index contributed by atoms with van der Waals surface area (Å²) in [5, 5.41) is 1.68. The van der Waals surface area contributed by atoms with E-state index in [2.05, 4.69) is 36.2 Å². The second-order valence-electron chi connectivity index (χ2n) is 5.61. The molecule has 4 nitrogen and oxygen atoms in total. The normalized spacial score (nSPS) is 11.4. The maximum absolute atomic E-state index is 13.0. The highest BCUT2D eigenvalue weighted by atomic mass is 32.2. The van der Waals surface area contributed by atoms with Crippen molar-refractivity contribution in [2.24, 2.45) is 0 Å². The highest BCUT2D eigenvalue weighted by Gasteiger charge is 2.16. The standard InChI is InChI=1S/C18H15N3OS2/c1-11-5-7-12(8-6-11)10-21-17(22)15-14(20-18(21)23-2)13-4-3-9-19-16(13)24-15/h3-9H,10H2,1-2H3. The molecule has 0 saturated carbocycles. The maximum Gasteiger partial charge on any atom is 0.272 e. The molecular weight excluding hydrogens is 338 g/mol. The fourth-order valence-electron chi connectivity index (χ4n) is 2.71. The van der Waals surface area contributed by atoms with Crippen LogP contribution in [0.1, 0.15) is 11.1 Å². The van der Waals surface area contributed by atoms with Gasteiger partial charge in [0.1, 0.15) is 9.53 Å². The molecule has 0 saturated heterocycles. The van der Waals surface area contributed by atoms with Crippen molar-refractivity contribution >= 4 is 43.5 Å². The van der Waals surface area contributed by atoms with Gasteiger partial charge in [0.05, 0.1) is 12.1 Å². The van der Waals surface area contributed by atoms with Crippen LogP contribution in [0.2, 0.25) is 0 Å². The number of rotatable bonds is 3. The second-order valence-corrected chi connectivity index (χ2v) is 7.38. The van der Waals surface area contributed by atoms with E-state index in [4.69, 9.17) is 4.98 Å². The zero-order valence-corrected chi connectivity index (χ0v) is 14.9. The van der Waals surface area contributed by atoms with Crippen molar-refractivity contribution in [2.75, 3.05) is 6.26 Å². The fourth-order valence-corrected chi connectivity index (χ4v) is 4.29. The van der Waals surface area contributed by atoms with Gasteiger partial charge in [-0.1, -0.05) is 41.6 Å². The molecule has 6 heteroatoms. The van der Waals surface area contributed by atoms with Gasteiger partial charge in [0, 0.05) is 11.6 Å². The van der Waals surface area contributed by atoms with Crippen LogP contribution in [0.15, 0.2) is 52.5 Å². The van der Waals surface area contributed by atoms with Crippen molar-refractivity contribution in [2.45, 2.75) is 18.6 Å². The third kappa shape index (κ3) is 2.52. The van der Waals surface area contributed by atoms with E-state index in [1.165, 1.54) is 28.7 Å². The molecule has 0 unspecified atom stereocenters. The van der Waals surface area contributed by atoms with Crippen LogP contribution in [-0.4, -0.2) is 20.8 Å². The summed E-state index contributed by atoms with van der Waals surface area (Å²) in [6.07, 6.45) is 3.70. The molecule has 0 aliphatic carbocycles. The monoisotopic (exact) mass is 353 g/mol. The minimum absolute atomic E-state index is 0.00734. The molecule has 0 aliphatic rings. The predicted octanol–water partition coefficient (Wildman–Crippen LogP) is 4.08. The summed E-state index contributed by atoms with van der Waals surface area (Å²) in [4.78, 5) is 23.0. The molecular formula is C18H15N3OS2. The Kier molecular flexibility index (Phi) is 3.86. The quantitative estimate of drug-likeness (QED) is 0.411. The lowest BCUT2D eigenvalue weighted by Gasteiger charge is -2.11. The van der Waals surface area contributed by atoms with Crippen LogP contribution in [0.3, 0.4) is 0 Å². The number of aromatic nitrogens is 3. The summed E-state index contributed by atoms with van der Waals surface area (Å²) in [5.74, 6) is 0. The SMILES string of the molecule is CSc1nc2c(sc3ncccc32)c(=O)n1Cc1ccc(C)cc1. The van der Waals surface area contributed by atoms with Crippen molar-refractivity contribution in [3.05, 3.63) is 64.1 Å². The lowest BCUT2D eigenvalue weighted by molar-refractivity contribution is 0.660. The van der Waals surface area contributed by atoms with Crippen molar-refractivity contribution in [1.29, 1.82) is 0 Å². The topological polar surface area (TPSA) is 47.8 Å². The van der Waals surface area contributed by atoms with Gasteiger partial charge in [0.2, 0.25) is 0 Å². The summed E-state index contributed by atoms with van der Waals surface area (Å²) in [5.41, 5.74) is 3.07. The molecule has 3 heterocycles. The molecule has 0 N–H and O–H groups in total. The van der Waals surface area contributed by atoms with Gasteiger partial charge >= 0.3 is 0 Å². The summed E-state index contributed by atoms with van der Waals surface area (Å²) in [6.45, 7) is 2.58. The third-order valence-electron chi connectivity index (χ3n) is 3.96. The van der Waals surface area contributed by atoms with Gasteiger partial charge in [-0.15, -0.1) is 11.3 Å². The number of thiophene rings is 1. The minimum atomic E-state index is 0.00734. The van der Waals surface area contributed by atoms with Crippen molar-refractivity contribution < 1.29 is 0 Å². The van der Waals surface area contributed by atoms with Crippen LogP contribution in [0.5, 0.6) is 0 Å². The van der Waals surface area contributed by atoms with Crippen LogP contribution in [0, 0.1) is 6.92 Å². The molecule has 0 atom stereocenters. The van der Waals surface area contributed by atoms with Crippen LogP contribution in [-0.2, 0) is 6.54 Å². The summed E-state index contributed by atoms with van der Waals surface area (Å²) >= 11 is 2.91. The van der Waals surface area contributed by atoms with Crippen molar-refractivity contribution in [3.8, 4) is 0 Å². The molecule has 0 bridgehead atoms. The summed E-state index contributed by atoms with van der Waals surface area (Å²) < 4.78 is 2.43. The number of thioether (sulfide) groups is 1. The van der Waals surface area contributed by atoms with Gasteiger partial charge in [-0.3, -0.25) is 9.36 Å². The first-order chi connectivity index (χ1) is 11.7. The molecule has 0 fully saturated rings. The number of benzene rings is 1. The average Bonchev–Trinajstić information content (AvgIpc) is 2.98. The first kappa shape index (κ1) is 15.4. The maximum atomic E-state index is 13.0. The molecule has 120 valence electrons. The van der Waals surface area contributed by atoms with E-state index in [1.807, 2.05) is 18.4 Å². The van der Waals surface area contributed by atoms with Gasteiger partial charge in [-0.25, -0.2) is 9.97 Å². The van der Waals surface area contributed by atoms with E-state index in [0.29, 0.717) is 11.2 Å². The Morgan fingerprint density at radius 3 is 2.75 bits per heavy atom. The van der Waals surface area contributed by atoms with Crippen LogP contribution < -0.4 is 5.56 Å². The van der Waals surface area contributed by atoms with E-state index >= 15 is 0 Å². The van der Waals surface area contributed by atoms with E-state index in [1.54, 1.807) is 10.8 Å². The van der Waals surface area contributed by atoms with E-state index < -0.39 is 0 Å². The van der Waals surface area contributed by atoms with Gasteiger partial charge in [-0.2, -0.15) is 0 Å². The molecule has 0 aliphatic heterocycles. The zero-order chi connectivity index (χ0) is 16.7. The number of hydrogen-bond donors (Lipinski definition) is 0. The van der Waals surface area contributed by atoms with Gasteiger partial charge in [0.25, 0.3) is 5.56 Å². The molecule has 4 aromatic rings. The van der Waals surface area contributed by atoms with E-state index in [-0.39, 0.29) is 5.56 Å². The zero-order valence-electron chi connectivity index (χ0n) is 13.3. The number of pyridine rings is 1. The number of aryl methyl sites for hydroxylation is 1. The molecule has 0 spiro atoms. The van der Waals surface area contributed by atoms with Gasteiger partial charge in [-0.05, 0) is 30.9 Å². The van der Waals surface area contributed by atoms with E-state index in [9.17, 15) is 4.79 Å². The van der Waals surface area contributed by atoms with Gasteiger partial charge < -0.3 is 0 Å². The van der Waals surface area contributed by atoms with Crippen molar-refractivity contribution in [1.82, 2.24) is 14.5 Å². The fraction of sp³-hybridized carbons (Fsp3) is 0.167. The number of fused-ring (bicyclic) bond motifs is 3. The Morgan fingerprint density at radius 1 is 1.21 bits per heavy atom. The van der Waals surface area contributed by atoms with Crippen LogP contribution in [0.4, 0.5) is 0 Å². The molecule has 0 radical (unpaired) electrons. The highest BCUT2D eigenvalue weighted by molar-refractivity contribution is 7.98. The predicted molar refractivity (Wildman–Crippen MR) is 101 cm³/mol. The second kappa shape index (κ2) is 6.03. The number of hydrogen-bond acceptors (Lipinski definition) is 5. The number of nitrogens with zero attached hydrogens (tertiary/aromatic N) is 3. The molecule has 4 rings (SSSR count). The Labute approximate surface area is 147 Å².